The van der Waals surface area contributed by atoms with Crippen molar-refractivity contribution >= 4 is 21.8 Å². The fourth-order valence-electron chi connectivity index (χ4n) is 2.70. The quantitative estimate of drug-likeness (QED) is 0.907. The van der Waals surface area contributed by atoms with Crippen molar-refractivity contribution in [1.82, 2.24) is 4.90 Å². The van der Waals surface area contributed by atoms with Crippen LogP contribution < -0.4 is 0 Å². The van der Waals surface area contributed by atoms with Gasteiger partial charge in [-0.1, -0.05) is 25.0 Å². The van der Waals surface area contributed by atoms with Crippen LogP contribution in [0.15, 0.2) is 22.7 Å². The lowest BCUT2D eigenvalue weighted by atomic mass is 9.91. The summed E-state index contributed by atoms with van der Waals surface area (Å²) >= 11 is 3.48. The molecule has 19 heavy (non-hydrogen) atoms. The van der Waals surface area contributed by atoms with Crippen LogP contribution in [0.4, 0.5) is 0 Å². The van der Waals surface area contributed by atoms with Crippen LogP contribution in [0.5, 0.6) is 0 Å². The van der Waals surface area contributed by atoms with E-state index in [1.165, 1.54) is 0 Å². The maximum atomic E-state index is 12.5. The smallest absolute Gasteiger partial charge is 0.255 e. The molecule has 0 bridgehead atoms. The Labute approximate surface area is 122 Å². The maximum Gasteiger partial charge on any atom is 0.255 e. The van der Waals surface area contributed by atoms with E-state index >= 15 is 0 Å². The second-order valence-electron chi connectivity index (χ2n) is 5.27. The molecule has 0 aromatic heterocycles. The summed E-state index contributed by atoms with van der Waals surface area (Å²) < 4.78 is 0.845. The first-order valence-corrected chi connectivity index (χ1v) is 7.52. The number of halogens is 1. The van der Waals surface area contributed by atoms with Crippen LogP contribution in [-0.4, -0.2) is 35.1 Å². The van der Waals surface area contributed by atoms with Gasteiger partial charge in [0.15, 0.2) is 0 Å². The Kier molecular flexibility index (Phi) is 4.63. The number of nitrogens with zero attached hydrogens (tertiary/aromatic N) is 1. The van der Waals surface area contributed by atoms with Crippen LogP contribution in [0.2, 0.25) is 0 Å². The first-order valence-electron chi connectivity index (χ1n) is 6.72. The molecule has 104 valence electrons. The summed E-state index contributed by atoms with van der Waals surface area (Å²) in [5, 5.41) is 10.1. The number of carbonyl (C=O) groups is 1. The number of amides is 1. The number of benzene rings is 1. The molecule has 1 N–H and O–H groups in total. The number of aryl methyl sites for hydroxylation is 1. The van der Waals surface area contributed by atoms with Crippen molar-refractivity contribution in [3.05, 3.63) is 33.8 Å². The standard InChI is InChI=1S/C15H20BrNO2/c1-10-6-5-7-11(14(10)16)15(19)17(2)12-8-3-4-9-13(12)18/h5-7,12-13,18H,3-4,8-9H2,1-2H3. The van der Waals surface area contributed by atoms with Crippen molar-refractivity contribution in [3.63, 3.8) is 0 Å². The Morgan fingerprint density at radius 1 is 1.37 bits per heavy atom. The lowest BCUT2D eigenvalue weighted by Crippen LogP contribution is -2.46. The van der Waals surface area contributed by atoms with Gasteiger partial charge < -0.3 is 10.0 Å². The lowest BCUT2D eigenvalue weighted by Gasteiger charge is -2.35. The van der Waals surface area contributed by atoms with Gasteiger partial charge in [-0.3, -0.25) is 4.79 Å². The van der Waals surface area contributed by atoms with E-state index in [0.29, 0.717) is 5.56 Å². The van der Waals surface area contributed by atoms with E-state index in [4.69, 9.17) is 0 Å². The summed E-state index contributed by atoms with van der Waals surface area (Å²) in [6, 6.07) is 5.62. The third-order valence-electron chi connectivity index (χ3n) is 3.93. The average Bonchev–Trinajstić information content (AvgIpc) is 2.41. The highest BCUT2D eigenvalue weighted by Gasteiger charge is 2.30. The monoisotopic (exact) mass is 325 g/mol. The molecule has 4 heteroatoms. The molecular weight excluding hydrogens is 306 g/mol. The molecule has 1 aliphatic carbocycles. The average molecular weight is 326 g/mol. The van der Waals surface area contributed by atoms with E-state index in [0.717, 1.165) is 35.7 Å². The highest BCUT2D eigenvalue weighted by atomic mass is 79.9. The number of likely N-dealkylation sites (N-methyl/N-ethyl adjacent to an activating group) is 1. The minimum absolute atomic E-state index is 0.0264. The van der Waals surface area contributed by atoms with Gasteiger partial charge in [-0.15, -0.1) is 0 Å². The number of rotatable bonds is 2. The lowest BCUT2D eigenvalue weighted by molar-refractivity contribution is 0.0267. The molecule has 1 saturated carbocycles. The molecule has 0 radical (unpaired) electrons. The summed E-state index contributed by atoms with van der Waals surface area (Å²) in [4.78, 5) is 14.2. The molecule has 0 heterocycles. The summed E-state index contributed by atoms with van der Waals surface area (Å²) in [5.74, 6) is -0.0264. The topological polar surface area (TPSA) is 40.5 Å². The fraction of sp³-hybridized carbons (Fsp3) is 0.533. The number of carbonyl (C=O) groups excluding carboxylic acids is 1. The molecule has 2 rings (SSSR count). The van der Waals surface area contributed by atoms with Crippen molar-refractivity contribution < 1.29 is 9.90 Å². The molecule has 0 spiro atoms. The molecule has 1 amide bonds. The Hall–Kier alpha value is -0.870. The van der Waals surface area contributed by atoms with Gasteiger partial charge in [-0.05, 0) is 47.3 Å². The minimum atomic E-state index is -0.397. The van der Waals surface area contributed by atoms with E-state index in [1.54, 1.807) is 11.9 Å². The SMILES string of the molecule is Cc1cccc(C(=O)N(C)C2CCCCC2O)c1Br. The van der Waals surface area contributed by atoms with Gasteiger partial charge >= 0.3 is 0 Å². The van der Waals surface area contributed by atoms with Crippen molar-refractivity contribution in [3.8, 4) is 0 Å². The van der Waals surface area contributed by atoms with Crippen LogP contribution in [0.25, 0.3) is 0 Å². The molecule has 3 nitrogen and oxygen atoms in total. The van der Waals surface area contributed by atoms with Gasteiger partial charge in [0.2, 0.25) is 0 Å². The zero-order chi connectivity index (χ0) is 14.0. The summed E-state index contributed by atoms with van der Waals surface area (Å²) in [5.41, 5.74) is 1.71. The second kappa shape index (κ2) is 6.06. The Bertz CT molecular complexity index is 475. The van der Waals surface area contributed by atoms with Crippen LogP contribution in [0.1, 0.15) is 41.6 Å². The van der Waals surface area contributed by atoms with E-state index in [-0.39, 0.29) is 11.9 Å². The molecule has 1 aliphatic rings. The highest BCUT2D eigenvalue weighted by molar-refractivity contribution is 9.10. The minimum Gasteiger partial charge on any atom is -0.391 e. The largest absolute Gasteiger partial charge is 0.391 e. The maximum absolute atomic E-state index is 12.5. The summed E-state index contributed by atoms with van der Waals surface area (Å²) in [6.45, 7) is 1.97. The van der Waals surface area contributed by atoms with E-state index in [9.17, 15) is 9.90 Å². The van der Waals surface area contributed by atoms with Gasteiger partial charge in [-0.25, -0.2) is 0 Å². The zero-order valence-electron chi connectivity index (χ0n) is 11.4. The fourth-order valence-corrected chi connectivity index (χ4v) is 3.13. The summed E-state index contributed by atoms with van der Waals surface area (Å²) in [7, 11) is 1.79. The second-order valence-corrected chi connectivity index (χ2v) is 6.06. The first-order chi connectivity index (χ1) is 9.02. The third-order valence-corrected chi connectivity index (χ3v) is 4.99. The number of aliphatic hydroxyl groups is 1. The van der Waals surface area contributed by atoms with Crippen molar-refractivity contribution in [2.45, 2.75) is 44.8 Å². The van der Waals surface area contributed by atoms with Gasteiger partial charge in [0.1, 0.15) is 0 Å². The van der Waals surface area contributed by atoms with Crippen molar-refractivity contribution in [2.75, 3.05) is 7.05 Å². The van der Waals surface area contributed by atoms with Crippen molar-refractivity contribution in [2.24, 2.45) is 0 Å². The van der Waals surface area contributed by atoms with Crippen LogP contribution in [0, 0.1) is 6.92 Å². The number of aliphatic hydroxyl groups excluding tert-OH is 1. The van der Waals surface area contributed by atoms with E-state index in [2.05, 4.69) is 15.9 Å². The van der Waals surface area contributed by atoms with Gasteiger partial charge in [-0.2, -0.15) is 0 Å². The molecule has 0 aliphatic heterocycles. The molecule has 2 unspecified atom stereocenters. The summed E-state index contributed by atoms with van der Waals surface area (Å²) in [6.07, 6.45) is 3.40. The molecule has 1 fully saturated rings. The normalized spacial score (nSPS) is 23.2. The van der Waals surface area contributed by atoms with E-state index in [1.807, 2.05) is 25.1 Å². The van der Waals surface area contributed by atoms with Crippen LogP contribution >= 0.6 is 15.9 Å². The molecule has 0 saturated heterocycles. The molecule has 1 aromatic carbocycles. The van der Waals surface area contributed by atoms with Crippen molar-refractivity contribution in [1.29, 1.82) is 0 Å². The van der Waals surface area contributed by atoms with Gasteiger partial charge in [0.25, 0.3) is 5.91 Å². The van der Waals surface area contributed by atoms with Crippen LogP contribution in [0.3, 0.4) is 0 Å². The third kappa shape index (κ3) is 3.00. The van der Waals surface area contributed by atoms with Gasteiger partial charge in [0, 0.05) is 11.5 Å². The van der Waals surface area contributed by atoms with Gasteiger partial charge in [0.05, 0.1) is 17.7 Å². The predicted octanol–water partition coefficient (Wildman–Crippen LogP) is 3.13. The highest BCUT2D eigenvalue weighted by Crippen LogP contribution is 2.26. The Morgan fingerprint density at radius 2 is 2.05 bits per heavy atom. The van der Waals surface area contributed by atoms with Crippen LogP contribution in [-0.2, 0) is 0 Å². The predicted molar refractivity (Wildman–Crippen MR) is 79.2 cm³/mol. The Morgan fingerprint density at radius 3 is 2.74 bits per heavy atom. The molecular formula is C15H20BrNO2. The van der Waals surface area contributed by atoms with E-state index < -0.39 is 6.10 Å². The molecule has 2 atom stereocenters. The Balaban J connectivity index is 2.21. The first kappa shape index (κ1) is 14.5. The zero-order valence-corrected chi connectivity index (χ0v) is 13.0. The number of hydrogen-bond acceptors (Lipinski definition) is 2. The number of hydrogen-bond donors (Lipinski definition) is 1. The molecule has 1 aromatic rings.